The Balaban J connectivity index is 2.18. The molecule has 1 aliphatic rings. The molecule has 1 heterocycles. The van der Waals surface area contributed by atoms with Gasteiger partial charge in [0.1, 0.15) is 0 Å². The fourth-order valence-electron chi connectivity index (χ4n) is 2.46. The van der Waals surface area contributed by atoms with Crippen molar-refractivity contribution in [2.75, 3.05) is 20.1 Å². The van der Waals surface area contributed by atoms with Gasteiger partial charge in [0.05, 0.1) is 0 Å². The molecule has 86 valence electrons. The minimum absolute atomic E-state index is 0.595. The lowest BCUT2D eigenvalue weighted by Gasteiger charge is -2.36. The van der Waals surface area contributed by atoms with Crippen molar-refractivity contribution in [3.05, 3.63) is 48.0 Å². The zero-order chi connectivity index (χ0) is 11.4. The second-order valence-electron chi connectivity index (χ2n) is 4.40. The van der Waals surface area contributed by atoms with Crippen molar-refractivity contribution in [1.82, 2.24) is 10.2 Å². The lowest BCUT2D eigenvalue weighted by molar-refractivity contribution is 0.189. The van der Waals surface area contributed by atoms with Gasteiger partial charge in [-0.15, -0.1) is 6.58 Å². The second kappa shape index (κ2) is 5.28. The second-order valence-corrected chi connectivity index (χ2v) is 4.40. The highest BCUT2D eigenvalue weighted by atomic mass is 15.2. The van der Waals surface area contributed by atoms with Crippen LogP contribution >= 0.6 is 0 Å². The fraction of sp³-hybridized carbons (Fsp3) is 0.429. The molecule has 1 atom stereocenters. The Labute approximate surface area is 98.0 Å². The van der Waals surface area contributed by atoms with Crippen molar-refractivity contribution in [3.8, 4) is 0 Å². The Morgan fingerprint density at radius 2 is 2.19 bits per heavy atom. The summed E-state index contributed by atoms with van der Waals surface area (Å²) < 4.78 is 0. The zero-order valence-corrected chi connectivity index (χ0v) is 9.95. The summed E-state index contributed by atoms with van der Waals surface area (Å²) in [5, 5.41) is 3.28. The van der Waals surface area contributed by atoms with Gasteiger partial charge >= 0.3 is 0 Å². The summed E-state index contributed by atoms with van der Waals surface area (Å²) in [6, 6.07) is 9.35. The van der Waals surface area contributed by atoms with E-state index < -0.39 is 0 Å². The molecule has 1 aromatic carbocycles. The van der Waals surface area contributed by atoms with Crippen molar-refractivity contribution in [3.63, 3.8) is 0 Å². The van der Waals surface area contributed by atoms with E-state index in [2.05, 4.69) is 41.1 Å². The summed E-state index contributed by atoms with van der Waals surface area (Å²) in [5.74, 6) is 0. The average Bonchev–Trinajstić information content (AvgIpc) is 2.30. The average molecular weight is 216 g/mol. The summed E-state index contributed by atoms with van der Waals surface area (Å²) in [6.07, 6.45) is 3.14. The minimum Gasteiger partial charge on any atom is -0.318 e. The first-order valence-corrected chi connectivity index (χ1v) is 5.91. The monoisotopic (exact) mass is 216 g/mol. The van der Waals surface area contributed by atoms with E-state index >= 15 is 0 Å². The number of fused-ring (bicyclic) bond motifs is 1. The summed E-state index contributed by atoms with van der Waals surface area (Å²) in [5.41, 5.74) is 2.97. The summed E-state index contributed by atoms with van der Waals surface area (Å²) >= 11 is 0. The molecule has 2 nitrogen and oxygen atoms in total. The van der Waals surface area contributed by atoms with Crippen molar-refractivity contribution in [2.24, 2.45) is 0 Å². The van der Waals surface area contributed by atoms with E-state index in [1.165, 1.54) is 11.1 Å². The zero-order valence-electron chi connectivity index (χ0n) is 9.95. The van der Waals surface area contributed by atoms with Crippen molar-refractivity contribution in [2.45, 2.75) is 19.0 Å². The molecule has 16 heavy (non-hydrogen) atoms. The van der Waals surface area contributed by atoms with E-state index in [1.54, 1.807) is 0 Å². The third kappa shape index (κ3) is 2.34. The van der Waals surface area contributed by atoms with Crippen LogP contribution in [0.2, 0.25) is 0 Å². The number of benzene rings is 1. The van der Waals surface area contributed by atoms with Gasteiger partial charge in [-0.2, -0.15) is 0 Å². The highest BCUT2D eigenvalue weighted by Crippen LogP contribution is 2.22. The number of hydrogen-bond acceptors (Lipinski definition) is 2. The van der Waals surface area contributed by atoms with Crippen LogP contribution < -0.4 is 5.32 Å². The molecular weight excluding hydrogens is 196 g/mol. The molecule has 0 aromatic heterocycles. The van der Waals surface area contributed by atoms with E-state index in [4.69, 9.17) is 0 Å². The molecule has 2 heteroatoms. The predicted octanol–water partition coefficient (Wildman–Crippen LogP) is 1.82. The Bertz CT molecular complexity index is 360. The number of nitrogens with one attached hydrogen (secondary N) is 1. The summed E-state index contributed by atoms with van der Waals surface area (Å²) in [4.78, 5) is 2.49. The molecule has 0 saturated carbocycles. The molecule has 0 saturated heterocycles. The molecule has 0 amide bonds. The number of rotatable bonds is 4. The predicted molar refractivity (Wildman–Crippen MR) is 68.5 cm³/mol. The SMILES string of the molecule is C=CCN1Cc2ccccc2CC1CNC. The van der Waals surface area contributed by atoms with Crippen molar-refractivity contribution < 1.29 is 0 Å². The van der Waals surface area contributed by atoms with Gasteiger partial charge in [0.2, 0.25) is 0 Å². The standard InChI is InChI=1S/C14H20N2/c1-3-8-16-11-13-7-5-4-6-12(13)9-14(16)10-15-2/h3-7,14-15H,1,8-11H2,2H3. The maximum atomic E-state index is 3.84. The third-order valence-electron chi connectivity index (χ3n) is 3.27. The normalized spacial score (nSPS) is 20.4. The van der Waals surface area contributed by atoms with Crippen LogP contribution in [0.3, 0.4) is 0 Å². The van der Waals surface area contributed by atoms with Crippen LogP contribution in [0.15, 0.2) is 36.9 Å². The largest absolute Gasteiger partial charge is 0.318 e. The lowest BCUT2D eigenvalue weighted by Crippen LogP contribution is -2.45. The molecule has 1 aromatic rings. The molecule has 0 radical (unpaired) electrons. The Morgan fingerprint density at radius 1 is 1.44 bits per heavy atom. The van der Waals surface area contributed by atoms with Gasteiger partial charge in [-0.1, -0.05) is 30.3 Å². The first kappa shape index (κ1) is 11.4. The number of nitrogens with zero attached hydrogens (tertiary/aromatic N) is 1. The molecule has 1 N–H and O–H groups in total. The first-order chi connectivity index (χ1) is 7.85. The van der Waals surface area contributed by atoms with Gasteiger partial charge in [-0.25, -0.2) is 0 Å². The van der Waals surface area contributed by atoms with Crippen LogP contribution in [0.25, 0.3) is 0 Å². The molecule has 2 rings (SSSR count). The van der Waals surface area contributed by atoms with Crippen LogP contribution in [-0.2, 0) is 13.0 Å². The van der Waals surface area contributed by atoms with Gasteiger partial charge in [0.15, 0.2) is 0 Å². The van der Waals surface area contributed by atoms with Gasteiger partial charge < -0.3 is 5.32 Å². The molecule has 0 spiro atoms. The Kier molecular flexibility index (Phi) is 3.75. The molecule has 1 aliphatic heterocycles. The van der Waals surface area contributed by atoms with Gasteiger partial charge in [-0.05, 0) is 24.6 Å². The van der Waals surface area contributed by atoms with Gasteiger partial charge in [0, 0.05) is 25.7 Å². The van der Waals surface area contributed by atoms with E-state index in [0.717, 1.165) is 26.1 Å². The maximum Gasteiger partial charge on any atom is 0.0267 e. The number of likely N-dealkylation sites (N-methyl/N-ethyl adjacent to an activating group) is 1. The van der Waals surface area contributed by atoms with Gasteiger partial charge in [0.25, 0.3) is 0 Å². The van der Waals surface area contributed by atoms with Crippen molar-refractivity contribution in [1.29, 1.82) is 0 Å². The summed E-state index contributed by atoms with van der Waals surface area (Å²) in [7, 11) is 2.02. The highest BCUT2D eigenvalue weighted by molar-refractivity contribution is 5.30. The van der Waals surface area contributed by atoms with Gasteiger partial charge in [-0.3, -0.25) is 4.90 Å². The van der Waals surface area contributed by atoms with Crippen LogP contribution in [0.1, 0.15) is 11.1 Å². The van der Waals surface area contributed by atoms with Crippen LogP contribution in [0.5, 0.6) is 0 Å². The van der Waals surface area contributed by atoms with E-state index in [0.29, 0.717) is 6.04 Å². The Morgan fingerprint density at radius 3 is 2.88 bits per heavy atom. The topological polar surface area (TPSA) is 15.3 Å². The van der Waals surface area contributed by atoms with Crippen molar-refractivity contribution >= 4 is 0 Å². The Hall–Kier alpha value is -1.12. The molecule has 0 bridgehead atoms. The minimum atomic E-state index is 0.595. The molecular formula is C14H20N2. The quantitative estimate of drug-likeness (QED) is 0.772. The van der Waals surface area contributed by atoms with Crippen LogP contribution in [-0.4, -0.2) is 31.1 Å². The highest BCUT2D eigenvalue weighted by Gasteiger charge is 2.23. The van der Waals surface area contributed by atoms with E-state index in [1.807, 2.05) is 13.1 Å². The smallest absolute Gasteiger partial charge is 0.0267 e. The lowest BCUT2D eigenvalue weighted by atomic mass is 9.94. The van der Waals surface area contributed by atoms with E-state index in [-0.39, 0.29) is 0 Å². The maximum absolute atomic E-state index is 3.84. The third-order valence-corrected chi connectivity index (χ3v) is 3.27. The first-order valence-electron chi connectivity index (χ1n) is 5.91. The molecule has 0 fully saturated rings. The fourth-order valence-corrected chi connectivity index (χ4v) is 2.46. The molecule has 0 aliphatic carbocycles. The van der Waals surface area contributed by atoms with Crippen LogP contribution in [0.4, 0.5) is 0 Å². The summed E-state index contributed by atoms with van der Waals surface area (Å²) in [6.45, 7) is 6.91. The number of hydrogen-bond donors (Lipinski definition) is 1. The van der Waals surface area contributed by atoms with Crippen LogP contribution in [0, 0.1) is 0 Å². The molecule has 1 unspecified atom stereocenters. The van der Waals surface area contributed by atoms with E-state index in [9.17, 15) is 0 Å².